The number of unbranched alkanes of at least 4 members (excludes halogenated alkanes) is 1. The molecule has 0 radical (unpaired) electrons. The number of amides is 1. The molecule has 1 saturated heterocycles. The Bertz CT molecular complexity index is 1410. The van der Waals surface area contributed by atoms with Crippen molar-refractivity contribution in [1.29, 1.82) is 0 Å². The number of hydrogen-bond donors (Lipinski definition) is 0. The molecular weight excluding hydrogens is 501 g/mol. The summed E-state index contributed by atoms with van der Waals surface area (Å²) >= 11 is 0. The lowest BCUT2D eigenvalue weighted by molar-refractivity contribution is -0.137. The largest absolute Gasteiger partial charge is 0.416 e. The van der Waals surface area contributed by atoms with Crippen LogP contribution < -0.4 is 0 Å². The van der Waals surface area contributed by atoms with Crippen molar-refractivity contribution in [3.05, 3.63) is 102 Å². The molecule has 0 N–H and O–H groups in total. The van der Waals surface area contributed by atoms with E-state index in [1.807, 2.05) is 58.1 Å². The van der Waals surface area contributed by atoms with Crippen LogP contribution >= 0.6 is 0 Å². The molecule has 1 amide bonds. The number of halogens is 3. The average Bonchev–Trinajstić information content (AvgIpc) is 3.37. The van der Waals surface area contributed by atoms with Crippen molar-refractivity contribution < 1.29 is 18.0 Å². The predicted octanol–water partition coefficient (Wildman–Crippen LogP) is 6.62. The summed E-state index contributed by atoms with van der Waals surface area (Å²) in [6.45, 7) is 5.34. The van der Waals surface area contributed by atoms with Gasteiger partial charge in [0.05, 0.1) is 17.6 Å². The molecule has 0 spiro atoms. The fourth-order valence-electron chi connectivity index (χ4n) is 5.41. The number of fused-ring (bicyclic) bond motifs is 1. The number of aromatic nitrogens is 2. The van der Waals surface area contributed by atoms with Crippen LogP contribution in [0.4, 0.5) is 13.2 Å². The molecule has 4 aromatic rings. The van der Waals surface area contributed by atoms with Gasteiger partial charge in [-0.2, -0.15) is 13.2 Å². The Morgan fingerprint density at radius 2 is 1.74 bits per heavy atom. The number of piperazine rings is 1. The number of alkyl halides is 3. The van der Waals surface area contributed by atoms with Gasteiger partial charge in [-0.05, 0) is 41.0 Å². The summed E-state index contributed by atoms with van der Waals surface area (Å²) in [6, 6.07) is 19.4. The minimum atomic E-state index is -4.34. The van der Waals surface area contributed by atoms with Crippen LogP contribution in [-0.4, -0.2) is 50.9 Å². The molecule has 0 saturated carbocycles. The third kappa shape index (κ3) is 6.17. The first-order valence-corrected chi connectivity index (χ1v) is 13.5. The van der Waals surface area contributed by atoms with E-state index in [1.165, 1.54) is 12.1 Å². The van der Waals surface area contributed by atoms with Crippen LogP contribution in [0.25, 0.3) is 10.8 Å². The van der Waals surface area contributed by atoms with Crippen molar-refractivity contribution >= 4 is 16.7 Å². The molecule has 2 heterocycles. The van der Waals surface area contributed by atoms with Gasteiger partial charge in [-0.25, -0.2) is 4.98 Å². The number of nitrogens with zero attached hydrogens (tertiary/aromatic N) is 4. The Kier molecular flexibility index (Phi) is 8.02. The van der Waals surface area contributed by atoms with E-state index in [-0.39, 0.29) is 11.9 Å². The quantitative estimate of drug-likeness (QED) is 0.255. The summed E-state index contributed by atoms with van der Waals surface area (Å²) in [5.41, 5.74) is 1.89. The minimum absolute atomic E-state index is 0.0697. The van der Waals surface area contributed by atoms with E-state index < -0.39 is 11.7 Å². The minimum Gasteiger partial charge on any atom is -0.336 e. The monoisotopic (exact) mass is 534 g/mol. The van der Waals surface area contributed by atoms with Gasteiger partial charge in [-0.1, -0.05) is 68.3 Å². The summed E-state index contributed by atoms with van der Waals surface area (Å²) in [5, 5.41) is 2.04. The summed E-state index contributed by atoms with van der Waals surface area (Å²) in [5.74, 6) is 0.0697. The van der Waals surface area contributed by atoms with Crippen molar-refractivity contribution in [2.24, 2.45) is 0 Å². The first kappa shape index (κ1) is 26.9. The Hall–Kier alpha value is -3.65. The topological polar surface area (TPSA) is 41.4 Å². The lowest BCUT2D eigenvalue weighted by atomic mass is 10.0. The molecule has 0 aliphatic carbocycles. The number of carbonyl (C=O) groups is 1. The first-order valence-electron chi connectivity index (χ1n) is 13.5. The zero-order valence-electron chi connectivity index (χ0n) is 22.1. The second kappa shape index (κ2) is 11.6. The van der Waals surface area contributed by atoms with Crippen LogP contribution in [-0.2, 0) is 19.3 Å². The maximum absolute atomic E-state index is 13.6. The fraction of sp³-hybridized carbons (Fsp3) is 0.355. The zero-order chi connectivity index (χ0) is 27.4. The Morgan fingerprint density at radius 3 is 2.51 bits per heavy atom. The number of benzene rings is 3. The van der Waals surface area contributed by atoms with Gasteiger partial charge in [-0.3, -0.25) is 9.69 Å². The average molecular weight is 535 g/mol. The van der Waals surface area contributed by atoms with Crippen molar-refractivity contribution in [3.63, 3.8) is 0 Å². The van der Waals surface area contributed by atoms with Crippen LogP contribution in [0.5, 0.6) is 0 Å². The van der Waals surface area contributed by atoms with E-state index in [4.69, 9.17) is 0 Å². The van der Waals surface area contributed by atoms with Gasteiger partial charge in [0, 0.05) is 50.5 Å². The summed E-state index contributed by atoms with van der Waals surface area (Å²) < 4.78 is 40.8. The highest BCUT2D eigenvalue weighted by Gasteiger charge is 2.31. The summed E-state index contributed by atoms with van der Waals surface area (Å²) in [4.78, 5) is 22.4. The lowest BCUT2D eigenvalue weighted by Gasteiger charge is -2.41. The van der Waals surface area contributed by atoms with E-state index >= 15 is 0 Å². The third-order valence-corrected chi connectivity index (χ3v) is 7.60. The summed E-state index contributed by atoms with van der Waals surface area (Å²) in [7, 11) is 0. The molecular formula is C31H33F3N4O. The normalized spacial score (nSPS) is 16.6. The molecule has 5 rings (SSSR count). The van der Waals surface area contributed by atoms with Gasteiger partial charge < -0.3 is 9.47 Å². The maximum atomic E-state index is 13.6. The van der Waals surface area contributed by atoms with Gasteiger partial charge in [0.1, 0.15) is 0 Å². The smallest absolute Gasteiger partial charge is 0.336 e. The molecule has 39 heavy (non-hydrogen) atoms. The molecule has 0 bridgehead atoms. The highest BCUT2D eigenvalue weighted by atomic mass is 19.4. The van der Waals surface area contributed by atoms with Crippen molar-refractivity contribution in [2.75, 3.05) is 19.6 Å². The molecule has 204 valence electrons. The predicted molar refractivity (Wildman–Crippen MR) is 146 cm³/mol. The van der Waals surface area contributed by atoms with E-state index in [0.29, 0.717) is 26.2 Å². The Labute approximate surface area is 226 Å². The van der Waals surface area contributed by atoms with Crippen LogP contribution in [0.15, 0.2) is 79.3 Å². The van der Waals surface area contributed by atoms with Crippen LogP contribution in [0.3, 0.4) is 0 Å². The summed E-state index contributed by atoms with van der Waals surface area (Å²) in [6.07, 6.45) is 2.35. The SMILES string of the molecule is CCCCC1CN(C(=O)c2cccc3ccccc23)CCN1Cc1cncn1Cc1ccc(C(F)(F)F)cc1. The lowest BCUT2D eigenvalue weighted by Crippen LogP contribution is -2.54. The number of carbonyl (C=O) groups excluding carboxylic acids is 1. The Balaban J connectivity index is 1.29. The molecule has 1 atom stereocenters. The van der Waals surface area contributed by atoms with Crippen LogP contribution in [0, 0.1) is 0 Å². The molecule has 1 aliphatic heterocycles. The van der Waals surface area contributed by atoms with Gasteiger partial charge in [0.15, 0.2) is 0 Å². The number of hydrogen-bond acceptors (Lipinski definition) is 3. The molecule has 5 nitrogen and oxygen atoms in total. The molecule has 1 fully saturated rings. The molecule has 1 aliphatic rings. The highest BCUT2D eigenvalue weighted by Crippen LogP contribution is 2.29. The molecule has 1 unspecified atom stereocenters. The standard InChI is InChI=1S/C31H33F3N4O/c1-2-3-9-26-20-37(30(39)29-11-6-8-24-7-4-5-10-28(24)29)17-16-36(26)21-27-18-35-22-38(27)19-23-12-14-25(15-13-23)31(32,33)34/h4-8,10-15,18,22,26H,2-3,9,16-17,19-21H2,1H3. The third-order valence-electron chi connectivity index (χ3n) is 7.60. The number of rotatable bonds is 8. The molecule has 8 heteroatoms. The zero-order valence-corrected chi connectivity index (χ0v) is 22.1. The van der Waals surface area contributed by atoms with Crippen molar-refractivity contribution in [1.82, 2.24) is 19.4 Å². The van der Waals surface area contributed by atoms with E-state index in [0.717, 1.165) is 65.5 Å². The van der Waals surface area contributed by atoms with Gasteiger partial charge in [0.2, 0.25) is 0 Å². The van der Waals surface area contributed by atoms with Gasteiger partial charge in [0.25, 0.3) is 5.91 Å². The van der Waals surface area contributed by atoms with Crippen molar-refractivity contribution in [2.45, 2.75) is 51.5 Å². The van der Waals surface area contributed by atoms with Crippen LogP contribution in [0.1, 0.15) is 53.4 Å². The number of imidazole rings is 1. The van der Waals surface area contributed by atoms with Crippen LogP contribution in [0.2, 0.25) is 0 Å². The van der Waals surface area contributed by atoms with Gasteiger partial charge >= 0.3 is 6.18 Å². The fourth-order valence-corrected chi connectivity index (χ4v) is 5.41. The highest BCUT2D eigenvalue weighted by molar-refractivity contribution is 6.07. The first-order chi connectivity index (χ1) is 18.8. The maximum Gasteiger partial charge on any atom is 0.416 e. The second-order valence-corrected chi connectivity index (χ2v) is 10.3. The van der Waals surface area contributed by atoms with Crippen molar-refractivity contribution in [3.8, 4) is 0 Å². The van der Waals surface area contributed by atoms with Gasteiger partial charge in [-0.15, -0.1) is 0 Å². The molecule has 3 aromatic carbocycles. The van der Waals surface area contributed by atoms with E-state index in [2.05, 4.69) is 16.8 Å². The second-order valence-electron chi connectivity index (χ2n) is 10.3. The Morgan fingerprint density at radius 1 is 0.974 bits per heavy atom. The van der Waals surface area contributed by atoms with E-state index in [1.54, 1.807) is 6.33 Å². The van der Waals surface area contributed by atoms with E-state index in [9.17, 15) is 18.0 Å². The molecule has 1 aromatic heterocycles.